The minimum absolute atomic E-state index is 0.0580. The van der Waals surface area contributed by atoms with Crippen molar-refractivity contribution in [2.45, 2.75) is 26.2 Å². The molecule has 26 heavy (non-hydrogen) atoms. The van der Waals surface area contributed by atoms with Crippen LogP contribution < -0.4 is 0 Å². The quantitative estimate of drug-likeness (QED) is 0.868. The number of carboxylic acids is 1. The number of carbonyl (C=O) groups is 2. The Morgan fingerprint density at radius 2 is 1.50 bits per heavy atom. The summed E-state index contributed by atoms with van der Waals surface area (Å²) in [6.45, 7) is 2.54. The largest absolute Gasteiger partial charge is 0.481 e. The van der Waals surface area contributed by atoms with E-state index in [2.05, 4.69) is 0 Å². The lowest BCUT2D eigenvalue weighted by Gasteiger charge is -2.25. The number of aliphatic carboxylic acids is 1. The molecule has 4 nitrogen and oxygen atoms in total. The third kappa shape index (κ3) is 4.13. The van der Waals surface area contributed by atoms with Crippen molar-refractivity contribution in [1.82, 2.24) is 4.90 Å². The average Bonchev–Trinajstić information content (AvgIpc) is 3.06. The van der Waals surface area contributed by atoms with Gasteiger partial charge >= 0.3 is 5.97 Å². The van der Waals surface area contributed by atoms with E-state index in [1.807, 2.05) is 60.7 Å². The van der Waals surface area contributed by atoms with Gasteiger partial charge in [-0.1, -0.05) is 60.7 Å². The third-order valence-electron chi connectivity index (χ3n) is 5.30. The molecule has 1 N–H and O–H groups in total. The van der Waals surface area contributed by atoms with E-state index in [1.165, 1.54) is 0 Å². The second-order valence-corrected chi connectivity index (χ2v) is 7.45. The van der Waals surface area contributed by atoms with E-state index >= 15 is 0 Å². The fraction of sp³-hybridized carbons (Fsp3) is 0.364. The molecule has 4 heteroatoms. The van der Waals surface area contributed by atoms with Crippen LogP contribution in [0.25, 0.3) is 0 Å². The number of hydrogen-bond acceptors (Lipinski definition) is 2. The minimum Gasteiger partial charge on any atom is -0.481 e. The molecule has 0 bridgehead atoms. The van der Waals surface area contributed by atoms with Crippen molar-refractivity contribution in [2.24, 2.45) is 11.3 Å². The Hall–Kier alpha value is -2.62. The van der Waals surface area contributed by atoms with Crippen LogP contribution in [-0.2, 0) is 22.4 Å². The molecule has 1 atom stereocenters. The molecule has 0 saturated carbocycles. The molecule has 2 aromatic carbocycles. The third-order valence-corrected chi connectivity index (χ3v) is 5.30. The Labute approximate surface area is 154 Å². The molecule has 0 aromatic heterocycles. The van der Waals surface area contributed by atoms with Crippen molar-refractivity contribution >= 4 is 11.9 Å². The molecular formula is C22H25NO3. The SMILES string of the molecule is CC1(C(=O)O)CCN(C(=O)C(Cc2ccccc2)Cc2ccccc2)C1. The molecule has 1 amide bonds. The first kappa shape index (κ1) is 18.2. The maximum absolute atomic E-state index is 13.2. The highest BCUT2D eigenvalue weighted by molar-refractivity contribution is 5.82. The van der Waals surface area contributed by atoms with E-state index in [1.54, 1.807) is 11.8 Å². The summed E-state index contributed by atoms with van der Waals surface area (Å²) in [7, 11) is 0. The van der Waals surface area contributed by atoms with Crippen molar-refractivity contribution in [3.8, 4) is 0 Å². The first-order valence-electron chi connectivity index (χ1n) is 9.08. The topological polar surface area (TPSA) is 57.6 Å². The Bertz CT molecular complexity index is 718. The Morgan fingerprint density at radius 1 is 1.00 bits per heavy atom. The van der Waals surface area contributed by atoms with Crippen LogP contribution >= 0.6 is 0 Å². The van der Waals surface area contributed by atoms with Crippen LogP contribution in [0.15, 0.2) is 60.7 Å². The zero-order valence-electron chi connectivity index (χ0n) is 15.1. The van der Waals surface area contributed by atoms with E-state index in [-0.39, 0.29) is 11.8 Å². The number of hydrogen-bond donors (Lipinski definition) is 1. The van der Waals surface area contributed by atoms with E-state index in [0.29, 0.717) is 32.4 Å². The number of amides is 1. The number of nitrogens with zero attached hydrogens (tertiary/aromatic N) is 1. The molecule has 1 aliphatic heterocycles. The molecule has 0 spiro atoms. The van der Waals surface area contributed by atoms with Crippen LogP contribution in [0.2, 0.25) is 0 Å². The minimum atomic E-state index is -0.834. The van der Waals surface area contributed by atoms with Crippen molar-refractivity contribution in [1.29, 1.82) is 0 Å². The summed E-state index contributed by atoms with van der Waals surface area (Å²) >= 11 is 0. The lowest BCUT2D eigenvalue weighted by Crippen LogP contribution is -2.39. The van der Waals surface area contributed by atoms with Gasteiger partial charge in [-0.2, -0.15) is 0 Å². The van der Waals surface area contributed by atoms with Crippen molar-refractivity contribution in [2.75, 3.05) is 13.1 Å². The van der Waals surface area contributed by atoms with Crippen LogP contribution in [-0.4, -0.2) is 35.0 Å². The summed E-state index contributed by atoms with van der Waals surface area (Å²) < 4.78 is 0. The van der Waals surface area contributed by atoms with Crippen molar-refractivity contribution < 1.29 is 14.7 Å². The molecule has 0 radical (unpaired) electrons. The maximum Gasteiger partial charge on any atom is 0.311 e. The maximum atomic E-state index is 13.2. The Kier molecular flexibility index (Phi) is 5.40. The fourth-order valence-electron chi connectivity index (χ4n) is 3.63. The average molecular weight is 351 g/mol. The standard InChI is InChI=1S/C22H25NO3/c1-22(21(25)26)12-13-23(16-22)20(24)19(14-17-8-4-2-5-9-17)15-18-10-6-3-7-11-18/h2-11,19H,12-16H2,1H3,(H,25,26). The first-order valence-corrected chi connectivity index (χ1v) is 9.08. The number of carboxylic acid groups (broad SMARTS) is 1. The lowest BCUT2D eigenvalue weighted by molar-refractivity contribution is -0.147. The number of likely N-dealkylation sites (tertiary alicyclic amines) is 1. The zero-order chi connectivity index (χ0) is 18.6. The second kappa shape index (κ2) is 7.73. The van der Waals surface area contributed by atoms with Crippen LogP contribution in [0.5, 0.6) is 0 Å². The van der Waals surface area contributed by atoms with Crippen LogP contribution in [0.3, 0.4) is 0 Å². The van der Waals surface area contributed by atoms with Gasteiger partial charge in [-0.25, -0.2) is 0 Å². The summed E-state index contributed by atoms with van der Waals surface area (Å²) in [5.74, 6) is -0.950. The van der Waals surface area contributed by atoms with Crippen molar-refractivity contribution in [3.05, 3.63) is 71.8 Å². The van der Waals surface area contributed by atoms with Crippen molar-refractivity contribution in [3.63, 3.8) is 0 Å². The molecule has 1 heterocycles. The summed E-state index contributed by atoms with van der Waals surface area (Å²) in [4.78, 5) is 26.4. The van der Waals surface area contributed by atoms with E-state index in [4.69, 9.17) is 0 Å². The predicted molar refractivity (Wildman–Crippen MR) is 101 cm³/mol. The first-order chi connectivity index (χ1) is 12.5. The van der Waals surface area contributed by atoms with Gasteiger partial charge in [-0.15, -0.1) is 0 Å². The molecule has 1 aliphatic rings. The fourth-order valence-corrected chi connectivity index (χ4v) is 3.63. The molecule has 3 rings (SSSR count). The molecular weight excluding hydrogens is 326 g/mol. The highest BCUT2D eigenvalue weighted by atomic mass is 16.4. The van der Waals surface area contributed by atoms with Gasteiger partial charge in [-0.05, 0) is 37.3 Å². The van der Waals surface area contributed by atoms with Crippen LogP contribution in [0.1, 0.15) is 24.5 Å². The summed E-state index contributed by atoms with van der Waals surface area (Å²) in [5, 5.41) is 9.44. The molecule has 2 aromatic rings. The van der Waals surface area contributed by atoms with Gasteiger partial charge in [0, 0.05) is 19.0 Å². The Balaban J connectivity index is 1.78. The molecule has 1 unspecified atom stereocenters. The Morgan fingerprint density at radius 3 is 1.92 bits per heavy atom. The number of carbonyl (C=O) groups excluding carboxylic acids is 1. The normalized spacial score (nSPS) is 19.7. The van der Waals surface area contributed by atoms with Gasteiger partial charge in [0.05, 0.1) is 5.41 Å². The second-order valence-electron chi connectivity index (χ2n) is 7.45. The lowest BCUT2D eigenvalue weighted by atomic mass is 9.89. The highest BCUT2D eigenvalue weighted by Crippen LogP contribution is 2.32. The van der Waals surface area contributed by atoms with Gasteiger partial charge in [0.25, 0.3) is 0 Å². The van der Waals surface area contributed by atoms with Gasteiger partial charge in [0.1, 0.15) is 0 Å². The van der Waals surface area contributed by atoms with Gasteiger partial charge in [-0.3, -0.25) is 9.59 Å². The van der Waals surface area contributed by atoms with Gasteiger partial charge in [0.2, 0.25) is 5.91 Å². The summed E-state index contributed by atoms with van der Waals surface area (Å²) in [6.07, 6.45) is 1.83. The van der Waals surface area contributed by atoms with E-state index < -0.39 is 11.4 Å². The number of rotatable bonds is 6. The number of benzene rings is 2. The molecule has 0 aliphatic carbocycles. The van der Waals surface area contributed by atoms with Crippen LogP contribution in [0.4, 0.5) is 0 Å². The monoisotopic (exact) mass is 351 g/mol. The highest BCUT2D eigenvalue weighted by Gasteiger charge is 2.43. The predicted octanol–water partition coefficient (Wildman–Crippen LogP) is 3.41. The van der Waals surface area contributed by atoms with E-state index in [0.717, 1.165) is 11.1 Å². The molecule has 1 fully saturated rings. The van der Waals surface area contributed by atoms with E-state index in [9.17, 15) is 14.7 Å². The summed E-state index contributed by atoms with van der Waals surface area (Å²) in [5.41, 5.74) is 1.42. The van der Waals surface area contributed by atoms with Crippen LogP contribution in [0, 0.1) is 11.3 Å². The zero-order valence-corrected chi connectivity index (χ0v) is 15.1. The summed E-state index contributed by atoms with van der Waals surface area (Å²) in [6, 6.07) is 20.0. The smallest absolute Gasteiger partial charge is 0.311 e. The van der Waals surface area contributed by atoms with Gasteiger partial charge in [0.15, 0.2) is 0 Å². The molecule has 136 valence electrons. The van der Waals surface area contributed by atoms with Gasteiger partial charge < -0.3 is 10.0 Å². The molecule has 1 saturated heterocycles.